The first-order chi connectivity index (χ1) is 10.3. The number of rotatable bonds is 2. The molecule has 1 atom stereocenters. The standard InChI is InChI=1S/C17H17N3O.ClH/c1-11-13-4-2-3-5-15(13)20-14(11)7-6-12(17(20)21)10-16-18-8-9-19-16;/h2-5,8-9,12H,6-7,10H2,1H3,(H,18,19);1H. The van der Waals surface area contributed by atoms with E-state index in [0.717, 1.165) is 24.2 Å². The normalized spacial score (nSPS) is 17.3. The van der Waals surface area contributed by atoms with Crippen LogP contribution in [0.5, 0.6) is 0 Å². The fourth-order valence-electron chi connectivity index (χ4n) is 3.45. The van der Waals surface area contributed by atoms with E-state index in [2.05, 4.69) is 23.0 Å². The van der Waals surface area contributed by atoms with Crippen LogP contribution in [0.25, 0.3) is 10.9 Å². The second-order valence-electron chi connectivity index (χ2n) is 5.74. The van der Waals surface area contributed by atoms with E-state index in [4.69, 9.17) is 0 Å². The molecule has 1 N–H and O–H groups in total. The molecule has 5 heteroatoms. The third-order valence-electron chi connectivity index (χ3n) is 4.55. The summed E-state index contributed by atoms with van der Waals surface area (Å²) in [6, 6.07) is 8.18. The number of hydrogen-bond donors (Lipinski definition) is 1. The van der Waals surface area contributed by atoms with Gasteiger partial charge in [0.25, 0.3) is 0 Å². The summed E-state index contributed by atoms with van der Waals surface area (Å²) in [5, 5.41) is 1.19. The van der Waals surface area contributed by atoms with Crippen molar-refractivity contribution in [3.63, 3.8) is 0 Å². The quantitative estimate of drug-likeness (QED) is 0.786. The zero-order valence-corrected chi connectivity index (χ0v) is 13.2. The molecule has 3 heterocycles. The van der Waals surface area contributed by atoms with Gasteiger partial charge in [0.15, 0.2) is 0 Å². The Balaban J connectivity index is 0.00000144. The minimum atomic E-state index is 0. The maximum atomic E-state index is 12.9. The van der Waals surface area contributed by atoms with Gasteiger partial charge in [-0.2, -0.15) is 0 Å². The monoisotopic (exact) mass is 315 g/mol. The van der Waals surface area contributed by atoms with Gasteiger partial charge in [-0.3, -0.25) is 9.36 Å². The van der Waals surface area contributed by atoms with Gasteiger partial charge in [0.05, 0.1) is 5.52 Å². The number of nitrogens with zero attached hydrogens (tertiary/aromatic N) is 2. The van der Waals surface area contributed by atoms with Crippen molar-refractivity contribution < 1.29 is 4.79 Å². The Morgan fingerprint density at radius 1 is 1.36 bits per heavy atom. The number of para-hydroxylation sites is 1. The molecule has 1 unspecified atom stereocenters. The van der Waals surface area contributed by atoms with Crippen LogP contribution in [-0.2, 0) is 12.8 Å². The van der Waals surface area contributed by atoms with Crippen molar-refractivity contribution in [2.75, 3.05) is 0 Å². The molecule has 0 saturated carbocycles. The molecule has 1 aliphatic rings. The summed E-state index contributed by atoms with van der Waals surface area (Å²) in [6.07, 6.45) is 6.09. The van der Waals surface area contributed by atoms with Crippen molar-refractivity contribution in [2.24, 2.45) is 5.92 Å². The number of aromatic amines is 1. The molecule has 0 aliphatic carbocycles. The van der Waals surface area contributed by atoms with E-state index in [0.29, 0.717) is 6.42 Å². The number of carbonyl (C=O) groups excluding carboxylic acids is 1. The average Bonchev–Trinajstić information content (AvgIpc) is 3.10. The molecular weight excluding hydrogens is 298 g/mol. The van der Waals surface area contributed by atoms with Crippen molar-refractivity contribution in [1.29, 1.82) is 0 Å². The van der Waals surface area contributed by atoms with E-state index in [1.807, 2.05) is 29.0 Å². The van der Waals surface area contributed by atoms with E-state index in [1.54, 1.807) is 6.20 Å². The number of hydrogen-bond acceptors (Lipinski definition) is 2. The first-order valence-electron chi connectivity index (χ1n) is 7.37. The Hall–Kier alpha value is -2.07. The molecule has 0 radical (unpaired) electrons. The summed E-state index contributed by atoms with van der Waals surface area (Å²) in [5.74, 6) is 1.11. The van der Waals surface area contributed by atoms with E-state index in [1.165, 1.54) is 16.6 Å². The summed E-state index contributed by atoms with van der Waals surface area (Å²) < 4.78 is 1.93. The topological polar surface area (TPSA) is 50.7 Å². The van der Waals surface area contributed by atoms with Crippen molar-refractivity contribution in [1.82, 2.24) is 14.5 Å². The van der Waals surface area contributed by atoms with Crippen LogP contribution in [-0.4, -0.2) is 20.4 Å². The summed E-state index contributed by atoms with van der Waals surface area (Å²) in [7, 11) is 0. The maximum Gasteiger partial charge on any atom is 0.234 e. The van der Waals surface area contributed by atoms with Crippen molar-refractivity contribution in [3.05, 3.63) is 53.7 Å². The van der Waals surface area contributed by atoms with E-state index in [9.17, 15) is 4.79 Å². The SMILES string of the molecule is Cc1c2n(c3ccccc13)C(=O)C(Cc1ncc[nH]1)CC2.Cl. The Labute approximate surface area is 135 Å². The van der Waals surface area contributed by atoms with Gasteiger partial charge in [0, 0.05) is 35.8 Å². The predicted molar refractivity (Wildman–Crippen MR) is 88.7 cm³/mol. The molecule has 0 amide bonds. The number of halogens is 1. The van der Waals surface area contributed by atoms with Crippen LogP contribution in [0, 0.1) is 12.8 Å². The van der Waals surface area contributed by atoms with Crippen LogP contribution < -0.4 is 0 Å². The van der Waals surface area contributed by atoms with Crippen LogP contribution in [0.15, 0.2) is 36.7 Å². The number of carbonyl (C=O) groups is 1. The number of aromatic nitrogens is 3. The molecule has 0 bridgehead atoms. The van der Waals surface area contributed by atoms with E-state index >= 15 is 0 Å². The lowest BCUT2D eigenvalue weighted by atomic mass is 9.93. The molecule has 2 aromatic heterocycles. The Morgan fingerprint density at radius 3 is 2.95 bits per heavy atom. The molecule has 114 valence electrons. The third-order valence-corrected chi connectivity index (χ3v) is 4.55. The van der Waals surface area contributed by atoms with E-state index in [-0.39, 0.29) is 24.2 Å². The molecule has 3 aromatic rings. The molecule has 1 aliphatic heterocycles. The van der Waals surface area contributed by atoms with Gasteiger partial charge in [0.2, 0.25) is 5.91 Å². The molecule has 4 nitrogen and oxygen atoms in total. The van der Waals surface area contributed by atoms with Gasteiger partial charge in [0.1, 0.15) is 5.82 Å². The first-order valence-corrected chi connectivity index (χ1v) is 7.37. The van der Waals surface area contributed by atoms with Gasteiger partial charge >= 0.3 is 0 Å². The molecular formula is C17H18ClN3O. The molecule has 0 fully saturated rings. The van der Waals surface area contributed by atoms with Gasteiger partial charge < -0.3 is 4.98 Å². The van der Waals surface area contributed by atoms with Gasteiger partial charge in [-0.05, 0) is 31.4 Å². The fourth-order valence-corrected chi connectivity index (χ4v) is 3.45. The lowest BCUT2D eigenvalue weighted by molar-refractivity contribution is 0.0807. The minimum absolute atomic E-state index is 0. The molecule has 0 saturated heterocycles. The summed E-state index contributed by atoms with van der Waals surface area (Å²) in [5.41, 5.74) is 3.46. The maximum absolute atomic E-state index is 12.9. The highest BCUT2D eigenvalue weighted by atomic mass is 35.5. The lowest BCUT2D eigenvalue weighted by Gasteiger charge is -2.23. The lowest BCUT2D eigenvalue weighted by Crippen LogP contribution is -2.30. The first kappa shape index (κ1) is 14.9. The highest BCUT2D eigenvalue weighted by Crippen LogP contribution is 2.32. The number of benzene rings is 1. The number of H-pyrrole nitrogens is 1. The number of aryl methyl sites for hydroxylation is 1. The van der Waals surface area contributed by atoms with E-state index < -0.39 is 0 Å². The highest BCUT2D eigenvalue weighted by Gasteiger charge is 2.30. The Kier molecular flexibility index (Phi) is 3.79. The Morgan fingerprint density at radius 2 is 2.18 bits per heavy atom. The zero-order chi connectivity index (χ0) is 14.4. The summed E-state index contributed by atoms with van der Waals surface area (Å²) >= 11 is 0. The van der Waals surface area contributed by atoms with Crippen molar-refractivity contribution in [2.45, 2.75) is 26.2 Å². The average molecular weight is 316 g/mol. The van der Waals surface area contributed by atoms with Crippen LogP contribution in [0.2, 0.25) is 0 Å². The van der Waals surface area contributed by atoms with Crippen LogP contribution in [0.4, 0.5) is 0 Å². The highest BCUT2D eigenvalue weighted by molar-refractivity contribution is 5.97. The molecule has 0 spiro atoms. The number of imidazole rings is 1. The number of nitrogens with one attached hydrogen (secondary N) is 1. The largest absolute Gasteiger partial charge is 0.349 e. The zero-order valence-electron chi connectivity index (χ0n) is 12.4. The summed E-state index contributed by atoms with van der Waals surface area (Å²) in [4.78, 5) is 20.2. The smallest absolute Gasteiger partial charge is 0.234 e. The van der Waals surface area contributed by atoms with Crippen LogP contribution in [0.1, 0.15) is 28.3 Å². The van der Waals surface area contributed by atoms with Gasteiger partial charge in [-0.25, -0.2) is 4.98 Å². The molecule has 4 rings (SSSR count). The van der Waals surface area contributed by atoms with Gasteiger partial charge in [-0.1, -0.05) is 18.2 Å². The third kappa shape index (κ3) is 2.15. The second kappa shape index (κ2) is 5.61. The Bertz CT molecular complexity index is 820. The minimum Gasteiger partial charge on any atom is -0.349 e. The second-order valence-corrected chi connectivity index (χ2v) is 5.74. The van der Waals surface area contributed by atoms with Gasteiger partial charge in [-0.15, -0.1) is 12.4 Å². The van der Waals surface area contributed by atoms with Crippen molar-refractivity contribution >= 4 is 29.2 Å². The fraction of sp³-hybridized carbons (Fsp3) is 0.294. The molecule has 22 heavy (non-hydrogen) atoms. The van der Waals surface area contributed by atoms with Crippen LogP contribution in [0.3, 0.4) is 0 Å². The van der Waals surface area contributed by atoms with Crippen LogP contribution >= 0.6 is 12.4 Å². The summed E-state index contributed by atoms with van der Waals surface area (Å²) in [6.45, 7) is 2.12. The predicted octanol–water partition coefficient (Wildman–Crippen LogP) is 3.54. The van der Waals surface area contributed by atoms with Crippen molar-refractivity contribution in [3.8, 4) is 0 Å². The number of fused-ring (bicyclic) bond motifs is 3. The molecule has 1 aromatic carbocycles.